The minimum atomic E-state index is -0.402. The molecule has 4 aliphatic carbocycles. The zero-order valence-electron chi connectivity index (χ0n) is 22.6. The van der Waals surface area contributed by atoms with Crippen molar-refractivity contribution in [3.63, 3.8) is 0 Å². The molecule has 0 aromatic heterocycles. The Morgan fingerprint density at radius 2 is 1.86 bits per heavy atom. The van der Waals surface area contributed by atoms with Crippen LogP contribution >= 0.6 is 0 Å². The topological polar surface area (TPSA) is 76.1 Å². The van der Waals surface area contributed by atoms with Crippen LogP contribution in [-0.2, 0) is 19.1 Å². The highest BCUT2D eigenvalue weighted by molar-refractivity contribution is 6.01. The van der Waals surface area contributed by atoms with E-state index in [1.54, 1.807) is 12.2 Å². The monoisotopic (exact) mass is 484 g/mol. The minimum absolute atomic E-state index is 0.0477. The predicted molar refractivity (Wildman–Crippen MR) is 134 cm³/mol. The van der Waals surface area contributed by atoms with Crippen LogP contribution in [0.3, 0.4) is 0 Å². The summed E-state index contributed by atoms with van der Waals surface area (Å²) >= 11 is 0. The molecule has 5 aliphatic rings. The van der Waals surface area contributed by atoms with Crippen LogP contribution in [0, 0.1) is 40.4 Å². The Morgan fingerprint density at radius 3 is 2.49 bits per heavy atom. The van der Waals surface area contributed by atoms with Gasteiger partial charge in [-0.3, -0.25) is 9.59 Å². The molecular formula is C30H44O5. The van der Waals surface area contributed by atoms with Gasteiger partial charge in [-0.25, -0.2) is 0 Å². The van der Waals surface area contributed by atoms with Gasteiger partial charge in [0.25, 0.3) is 0 Å². The maximum absolute atomic E-state index is 12.1. The maximum Gasteiger partial charge on any atom is 0.302 e. The van der Waals surface area contributed by atoms with E-state index in [1.807, 2.05) is 0 Å². The molecule has 5 rings (SSSR count). The van der Waals surface area contributed by atoms with Crippen molar-refractivity contribution in [1.82, 2.24) is 0 Å². The van der Waals surface area contributed by atoms with Gasteiger partial charge in [0.1, 0.15) is 6.10 Å². The summed E-state index contributed by atoms with van der Waals surface area (Å²) in [5, 5.41) is 11.4. The lowest BCUT2D eigenvalue weighted by Gasteiger charge is -2.59. The van der Waals surface area contributed by atoms with Gasteiger partial charge in [0.2, 0.25) is 0 Å². The molecule has 0 radical (unpaired) electrons. The van der Waals surface area contributed by atoms with Crippen LogP contribution in [-0.4, -0.2) is 40.3 Å². The summed E-state index contributed by atoms with van der Waals surface area (Å²) in [6.07, 6.45) is 10.7. The van der Waals surface area contributed by atoms with Gasteiger partial charge in [0, 0.05) is 18.8 Å². The van der Waals surface area contributed by atoms with E-state index < -0.39 is 6.10 Å². The summed E-state index contributed by atoms with van der Waals surface area (Å²) < 4.78 is 12.0. The highest BCUT2D eigenvalue weighted by Crippen LogP contribution is 2.67. The summed E-state index contributed by atoms with van der Waals surface area (Å²) in [6.45, 7) is 14.8. The molecule has 0 amide bonds. The molecule has 1 N–H and O–H groups in total. The van der Waals surface area contributed by atoms with Crippen LogP contribution in [0.4, 0.5) is 0 Å². The molecule has 1 unspecified atom stereocenters. The smallest absolute Gasteiger partial charge is 0.302 e. The van der Waals surface area contributed by atoms with E-state index in [9.17, 15) is 14.7 Å². The van der Waals surface area contributed by atoms with Gasteiger partial charge in [0.05, 0.1) is 17.3 Å². The van der Waals surface area contributed by atoms with E-state index in [-0.39, 0.29) is 51.7 Å². The largest absolute Gasteiger partial charge is 0.462 e. The number of hydrogen-bond acceptors (Lipinski definition) is 5. The van der Waals surface area contributed by atoms with Crippen LogP contribution in [0.25, 0.3) is 0 Å². The lowest BCUT2D eigenvalue weighted by molar-refractivity contribution is -0.154. The third kappa shape index (κ3) is 3.79. The Kier molecular flexibility index (Phi) is 5.77. The number of ether oxygens (including phenoxy) is 2. The standard InChI is InChI=1S/C30H44O5/c1-17(25(34-18(2)31)16-30(7)27(3,4)35-30)21-8-9-22-26-23(11-13-29(21,22)6)28(5)12-10-20(32)14-19(28)15-24(26)33/h10,12,14,17,21-26,33H,8-9,11,13,15-16H2,1-7H3/t17-,21+,22-,23-,24+,25?,26-,28-,29+,30+/m0/s1. The molecule has 3 saturated carbocycles. The fourth-order valence-electron chi connectivity index (χ4n) is 9.09. The Bertz CT molecular complexity index is 979. The van der Waals surface area contributed by atoms with Crippen molar-refractivity contribution in [1.29, 1.82) is 0 Å². The first-order valence-electron chi connectivity index (χ1n) is 13.7. The fourth-order valence-corrected chi connectivity index (χ4v) is 9.09. The summed E-state index contributed by atoms with van der Waals surface area (Å²) in [5.41, 5.74) is 0.631. The SMILES string of the molecule is CC(=O)OC(C[C@@]1(C)OC1(C)C)[C@@H](C)[C@H]1CC[C@H]2[C@@H]3[C@H](O)CC4=CC(=O)C=C[C@]4(C)[C@H]3CC[C@]12C. The molecule has 0 bridgehead atoms. The minimum Gasteiger partial charge on any atom is -0.462 e. The number of fused-ring (bicyclic) bond motifs is 5. The molecule has 0 spiro atoms. The van der Waals surface area contributed by atoms with Gasteiger partial charge in [-0.2, -0.15) is 0 Å². The first-order chi connectivity index (χ1) is 16.2. The van der Waals surface area contributed by atoms with Gasteiger partial charge >= 0.3 is 5.97 Å². The predicted octanol–water partition coefficient (Wildman–Crippen LogP) is 5.41. The highest BCUT2D eigenvalue weighted by atomic mass is 16.6. The Labute approximate surface area is 210 Å². The van der Waals surface area contributed by atoms with Crippen LogP contribution in [0.2, 0.25) is 0 Å². The second-order valence-corrected chi connectivity index (χ2v) is 13.5. The molecule has 4 fully saturated rings. The second-order valence-electron chi connectivity index (χ2n) is 13.5. The Morgan fingerprint density at radius 1 is 1.17 bits per heavy atom. The van der Waals surface area contributed by atoms with Gasteiger partial charge in [-0.1, -0.05) is 32.4 Å². The molecule has 1 heterocycles. The fraction of sp³-hybridized carbons (Fsp3) is 0.800. The molecule has 5 heteroatoms. The molecule has 0 aromatic carbocycles. The summed E-state index contributed by atoms with van der Waals surface area (Å²) in [5.74, 6) is 1.52. The number of aliphatic hydroxyl groups excluding tert-OH is 1. The molecule has 10 atom stereocenters. The number of rotatable bonds is 5. The van der Waals surface area contributed by atoms with Crippen LogP contribution in [0.15, 0.2) is 23.8 Å². The quantitative estimate of drug-likeness (QED) is 0.417. The van der Waals surface area contributed by atoms with Crippen LogP contribution in [0.1, 0.15) is 87.0 Å². The van der Waals surface area contributed by atoms with Gasteiger partial charge < -0.3 is 14.6 Å². The molecule has 35 heavy (non-hydrogen) atoms. The summed E-state index contributed by atoms with van der Waals surface area (Å²) in [6, 6.07) is 0. The van der Waals surface area contributed by atoms with Gasteiger partial charge in [-0.15, -0.1) is 0 Å². The number of ketones is 1. The first-order valence-corrected chi connectivity index (χ1v) is 13.7. The van der Waals surface area contributed by atoms with E-state index in [2.05, 4.69) is 47.6 Å². The van der Waals surface area contributed by atoms with Crippen molar-refractivity contribution < 1.29 is 24.2 Å². The van der Waals surface area contributed by atoms with Crippen molar-refractivity contribution in [3.8, 4) is 0 Å². The number of carbonyl (C=O) groups excluding carboxylic acids is 2. The number of carbonyl (C=O) groups is 2. The van der Waals surface area contributed by atoms with Crippen LogP contribution in [0.5, 0.6) is 0 Å². The number of epoxide rings is 1. The van der Waals surface area contributed by atoms with Crippen molar-refractivity contribution in [3.05, 3.63) is 23.8 Å². The molecule has 194 valence electrons. The highest BCUT2D eigenvalue weighted by Gasteiger charge is 2.64. The van der Waals surface area contributed by atoms with E-state index in [0.717, 1.165) is 37.7 Å². The third-order valence-electron chi connectivity index (χ3n) is 11.5. The van der Waals surface area contributed by atoms with Crippen molar-refractivity contribution in [2.75, 3.05) is 0 Å². The lowest BCUT2D eigenvalue weighted by Crippen LogP contribution is -2.55. The number of hydrogen-bond donors (Lipinski definition) is 1. The zero-order chi connectivity index (χ0) is 25.6. The number of allylic oxidation sites excluding steroid dienone is 3. The molecular weight excluding hydrogens is 440 g/mol. The average molecular weight is 485 g/mol. The number of aliphatic hydroxyl groups is 1. The zero-order valence-corrected chi connectivity index (χ0v) is 22.6. The summed E-state index contributed by atoms with van der Waals surface area (Å²) in [7, 11) is 0. The molecule has 1 saturated heterocycles. The lowest BCUT2D eigenvalue weighted by atomic mass is 9.46. The Balaban J connectivity index is 1.40. The number of esters is 1. The molecule has 0 aromatic rings. The molecule has 5 nitrogen and oxygen atoms in total. The van der Waals surface area contributed by atoms with E-state index in [4.69, 9.17) is 9.47 Å². The van der Waals surface area contributed by atoms with E-state index in [1.165, 1.54) is 6.92 Å². The van der Waals surface area contributed by atoms with Crippen molar-refractivity contribution in [2.45, 2.75) is 110 Å². The first kappa shape index (κ1) is 25.2. The molecule has 1 aliphatic heterocycles. The van der Waals surface area contributed by atoms with Gasteiger partial charge in [-0.05, 0) is 100 Å². The van der Waals surface area contributed by atoms with Crippen molar-refractivity contribution >= 4 is 11.8 Å². The average Bonchev–Trinajstić information content (AvgIpc) is 3.07. The maximum atomic E-state index is 12.1. The van der Waals surface area contributed by atoms with Gasteiger partial charge in [0.15, 0.2) is 5.78 Å². The van der Waals surface area contributed by atoms with E-state index in [0.29, 0.717) is 24.2 Å². The Hall–Kier alpha value is -1.46. The van der Waals surface area contributed by atoms with E-state index >= 15 is 0 Å². The summed E-state index contributed by atoms with van der Waals surface area (Å²) in [4.78, 5) is 24.2. The third-order valence-corrected chi connectivity index (χ3v) is 11.5. The van der Waals surface area contributed by atoms with Crippen LogP contribution < -0.4 is 0 Å². The normalized spacial score (nSPS) is 47.1. The second kappa shape index (κ2) is 8.02. The van der Waals surface area contributed by atoms with Crippen molar-refractivity contribution in [2.24, 2.45) is 40.4 Å².